The molecule has 2 aromatic rings. The van der Waals surface area contributed by atoms with Crippen LogP contribution in [0.1, 0.15) is 42.4 Å². The number of piperidine rings is 1. The Morgan fingerprint density at radius 2 is 1.89 bits per heavy atom. The van der Waals surface area contributed by atoms with Crippen molar-refractivity contribution in [2.45, 2.75) is 50.3 Å². The van der Waals surface area contributed by atoms with Crippen LogP contribution >= 0.6 is 0 Å². The molecule has 0 spiro atoms. The molecule has 1 amide bonds. The maximum atomic E-state index is 14.1. The lowest BCUT2D eigenvalue weighted by atomic mass is 9.75. The molecule has 2 aromatic carbocycles. The van der Waals surface area contributed by atoms with Gasteiger partial charge in [-0.25, -0.2) is 4.39 Å². The van der Waals surface area contributed by atoms with E-state index in [1.54, 1.807) is 26.4 Å². The van der Waals surface area contributed by atoms with Crippen molar-refractivity contribution in [3.8, 4) is 5.75 Å². The number of hydrogen-bond donors (Lipinski definition) is 2. The largest absolute Gasteiger partial charge is 0.491 e. The summed E-state index contributed by atoms with van der Waals surface area (Å²) in [6.07, 6.45) is 3.95. The average Bonchev–Trinajstić information content (AvgIpc) is 3.73. The van der Waals surface area contributed by atoms with Gasteiger partial charge in [-0.2, -0.15) is 0 Å². The monoisotopic (exact) mass is 514 g/mol. The molecule has 2 N–H and O–H groups in total. The van der Waals surface area contributed by atoms with Gasteiger partial charge in [0.05, 0.1) is 12.5 Å². The molecular formula is C29H39FN2O5. The van der Waals surface area contributed by atoms with Crippen LogP contribution in [0, 0.1) is 11.7 Å². The minimum absolute atomic E-state index is 0.104. The van der Waals surface area contributed by atoms with Gasteiger partial charge >= 0.3 is 0 Å². The first-order valence-corrected chi connectivity index (χ1v) is 13.2. The first-order valence-electron chi connectivity index (χ1n) is 13.2. The Kier molecular flexibility index (Phi) is 9.54. The Bertz CT molecular complexity index is 1020. The third kappa shape index (κ3) is 7.08. The molecular weight excluding hydrogens is 475 g/mol. The Morgan fingerprint density at radius 1 is 1.11 bits per heavy atom. The van der Waals surface area contributed by atoms with Crippen molar-refractivity contribution >= 4 is 5.91 Å². The van der Waals surface area contributed by atoms with Crippen molar-refractivity contribution in [3.05, 3.63) is 65.0 Å². The summed E-state index contributed by atoms with van der Waals surface area (Å²) in [5, 5.41) is 15.0. The van der Waals surface area contributed by atoms with Crippen molar-refractivity contribution in [3.63, 3.8) is 0 Å². The van der Waals surface area contributed by atoms with Gasteiger partial charge < -0.3 is 29.5 Å². The first-order chi connectivity index (χ1) is 17.9. The third-order valence-corrected chi connectivity index (χ3v) is 7.25. The van der Waals surface area contributed by atoms with E-state index in [2.05, 4.69) is 11.4 Å². The second-order valence-electron chi connectivity index (χ2n) is 10.1. The average molecular weight is 515 g/mol. The quantitative estimate of drug-likeness (QED) is 0.399. The van der Waals surface area contributed by atoms with Crippen molar-refractivity contribution in [1.29, 1.82) is 0 Å². The van der Waals surface area contributed by atoms with E-state index in [-0.39, 0.29) is 11.9 Å². The standard InChI is InChI=1S/C29H39FN2O5/c1-35-12-4-5-21-15-22(17-26(16-21)37-14-13-36-2)20-32(25-8-9-25)28(33)27-19-31-11-10-29(27,34)23-6-3-7-24(30)18-23/h3,6-7,15-18,25,27,31,34H,4-5,8-14,19-20H2,1-2H3/t27-,29+/m1/s1. The zero-order chi connectivity index (χ0) is 26.3. The number of carbonyl (C=O) groups excluding carboxylic acids is 1. The van der Waals surface area contributed by atoms with Gasteiger partial charge in [-0.15, -0.1) is 0 Å². The van der Waals surface area contributed by atoms with Crippen LogP contribution in [0.5, 0.6) is 5.75 Å². The Hall–Kier alpha value is -2.52. The molecule has 2 fully saturated rings. The Labute approximate surface area is 218 Å². The summed E-state index contributed by atoms with van der Waals surface area (Å²) in [4.78, 5) is 15.9. The van der Waals surface area contributed by atoms with Crippen LogP contribution in [0.3, 0.4) is 0 Å². The molecule has 1 aliphatic heterocycles. The van der Waals surface area contributed by atoms with Gasteiger partial charge in [0.15, 0.2) is 0 Å². The lowest BCUT2D eigenvalue weighted by Gasteiger charge is -2.42. The van der Waals surface area contributed by atoms with E-state index >= 15 is 0 Å². The van der Waals surface area contributed by atoms with Crippen LogP contribution in [0.4, 0.5) is 4.39 Å². The van der Waals surface area contributed by atoms with E-state index < -0.39 is 17.3 Å². The highest BCUT2D eigenvalue weighted by Gasteiger charge is 2.48. The second kappa shape index (κ2) is 12.8. The van der Waals surface area contributed by atoms with E-state index in [1.165, 1.54) is 12.1 Å². The normalized spacial score (nSPS) is 21.6. The van der Waals surface area contributed by atoms with Crippen LogP contribution in [-0.2, 0) is 32.8 Å². The van der Waals surface area contributed by atoms with Crippen molar-refractivity contribution in [2.24, 2.45) is 5.92 Å². The Morgan fingerprint density at radius 3 is 2.62 bits per heavy atom. The third-order valence-electron chi connectivity index (χ3n) is 7.25. The number of nitrogens with one attached hydrogen (secondary N) is 1. The summed E-state index contributed by atoms with van der Waals surface area (Å²) in [5.74, 6) is -0.471. The number of benzene rings is 2. The van der Waals surface area contributed by atoms with Gasteiger partial charge in [-0.3, -0.25) is 4.79 Å². The van der Waals surface area contributed by atoms with E-state index in [0.717, 1.165) is 42.6 Å². The molecule has 1 saturated heterocycles. The number of halogens is 1. The molecule has 37 heavy (non-hydrogen) atoms. The van der Waals surface area contributed by atoms with E-state index in [9.17, 15) is 14.3 Å². The molecule has 4 rings (SSSR count). The molecule has 2 aliphatic rings. The van der Waals surface area contributed by atoms with Gasteiger partial charge in [0.2, 0.25) is 5.91 Å². The number of nitrogens with zero attached hydrogens (tertiary/aromatic N) is 1. The fraction of sp³-hybridized carbons (Fsp3) is 0.552. The minimum atomic E-state index is -1.42. The van der Waals surface area contributed by atoms with E-state index in [0.29, 0.717) is 51.4 Å². The topological polar surface area (TPSA) is 80.3 Å². The number of ether oxygens (including phenoxy) is 3. The number of aliphatic hydroxyl groups is 1. The summed E-state index contributed by atoms with van der Waals surface area (Å²) in [7, 11) is 3.33. The molecule has 7 nitrogen and oxygen atoms in total. The van der Waals surface area contributed by atoms with Gasteiger partial charge in [0.25, 0.3) is 0 Å². The molecule has 0 unspecified atom stereocenters. The SMILES string of the molecule is COCCCc1cc(CN(C(=O)[C@H]2CNCC[C@]2(O)c2cccc(F)c2)C2CC2)cc(OCCOC)c1. The van der Waals surface area contributed by atoms with Crippen molar-refractivity contribution in [1.82, 2.24) is 10.2 Å². The molecule has 0 aromatic heterocycles. The van der Waals surface area contributed by atoms with Crippen LogP contribution in [-0.4, -0.2) is 69.1 Å². The molecule has 2 atom stereocenters. The zero-order valence-electron chi connectivity index (χ0n) is 21.9. The lowest BCUT2D eigenvalue weighted by Crippen LogP contribution is -2.55. The van der Waals surface area contributed by atoms with Crippen LogP contribution in [0.2, 0.25) is 0 Å². The summed E-state index contributed by atoms with van der Waals surface area (Å²) < 4.78 is 30.3. The van der Waals surface area contributed by atoms with Crippen LogP contribution < -0.4 is 10.1 Å². The van der Waals surface area contributed by atoms with E-state index in [4.69, 9.17) is 14.2 Å². The summed E-state index contributed by atoms with van der Waals surface area (Å²) in [5.41, 5.74) is 1.15. The molecule has 8 heteroatoms. The van der Waals surface area contributed by atoms with Crippen molar-refractivity contribution in [2.75, 3.05) is 47.1 Å². The summed E-state index contributed by atoms with van der Waals surface area (Å²) in [6, 6.07) is 12.3. The number of hydrogen-bond acceptors (Lipinski definition) is 6. The highest BCUT2D eigenvalue weighted by Crippen LogP contribution is 2.39. The fourth-order valence-electron chi connectivity index (χ4n) is 5.14. The van der Waals surface area contributed by atoms with Gasteiger partial charge in [0, 0.05) is 40.0 Å². The lowest BCUT2D eigenvalue weighted by molar-refractivity contribution is -0.150. The maximum absolute atomic E-state index is 14.1. The van der Waals surface area contributed by atoms with Gasteiger partial charge in [-0.05, 0) is 79.6 Å². The molecule has 0 radical (unpaired) electrons. The molecule has 202 valence electrons. The Balaban J connectivity index is 1.58. The highest BCUT2D eigenvalue weighted by atomic mass is 19.1. The maximum Gasteiger partial charge on any atom is 0.230 e. The second-order valence-corrected chi connectivity index (χ2v) is 10.1. The minimum Gasteiger partial charge on any atom is -0.491 e. The molecule has 0 bridgehead atoms. The number of rotatable bonds is 13. The smallest absolute Gasteiger partial charge is 0.230 e. The summed E-state index contributed by atoms with van der Waals surface area (Å²) >= 11 is 0. The zero-order valence-corrected chi connectivity index (χ0v) is 21.9. The predicted octanol–water partition coefficient (Wildman–Crippen LogP) is 3.42. The first kappa shape index (κ1) is 27.5. The van der Waals surface area contributed by atoms with Crippen LogP contribution in [0.15, 0.2) is 42.5 Å². The van der Waals surface area contributed by atoms with Gasteiger partial charge in [0.1, 0.15) is 23.8 Å². The van der Waals surface area contributed by atoms with Crippen molar-refractivity contribution < 1.29 is 28.5 Å². The highest BCUT2D eigenvalue weighted by molar-refractivity contribution is 5.81. The molecule has 1 aliphatic carbocycles. The molecule has 1 saturated carbocycles. The number of aryl methyl sites for hydroxylation is 1. The number of carbonyl (C=O) groups is 1. The number of amides is 1. The van der Waals surface area contributed by atoms with E-state index in [1.807, 2.05) is 17.0 Å². The number of methoxy groups -OCH3 is 2. The van der Waals surface area contributed by atoms with Crippen LogP contribution in [0.25, 0.3) is 0 Å². The fourth-order valence-corrected chi connectivity index (χ4v) is 5.14. The summed E-state index contributed by atoms with van der Waals surface area (Å²) in [6.45, 7) is 2.94. The predicted molar refractivity (Wildman–Crippen MR) is 139 cm³/mol. The van der Waals surface area contributed by atoms with Gasteiger partial charge in [-0.1, -0.05) is 18.2 Å². The molecule has 1 heterocycles.